The van der Waals surface area contributed by atoms with Crippen LogP contribution in [0.5, 0.6) is 0 Å². The highest BCUT2D eigenvalue weighted by atomic mass is 16.5. The lowest BCUT2D eigenvalue weighted by molar-refractivity contribution is -0.336. The molecule has 212 valence electrons. The Kier molecular flexibility index (Phi) is 6.14. The number of methoxy groups -OCH3 is 1. The van der Waals surface area contributed by atoms with Crippen LogP contribution in [-0.2, 0) is 19.1 Å². The van der Waals surface area contributed by atoms with Crippen LogP contribution >= 0.6 is 0 Å². The van der Waals surface area contributed by atoms with Gasteiger partial charge in [0.2, 0.25) is 0 Å². The molecular weight excluding hydrogens is 488 g/mol. The number of aliphatic hydroxyl groups is 4. The predicted octanol–water partition coefficient (Wildman–Crippen LogP) is 2.67. The largest absolute Gasteiger partial charge is 0.468 e. The molecule has 0 bridgehead atoms. The molecular formula is C30H44O8. The number of cyclic esters (lactones) is 1. The van der Waals surface area contributed by atoms with Crippen LogP contribution in [-0.4, -0.2) is 70.0 Å². The van der Waals surface area contributed by atoms with Crippen LogP contribution in [0.1, 0.15) is 72.6 Å². The first-order valence-corrected chi connectivity index (χ1v) is 14.0. The van der Waals surface area contributed by atoms with Crippen LogP contribution in [0.3, 0.4) is 0 Å². The maximum absolute atomic E-state index is 14.1. The number of aliphatic hydroxyl groups excluding tert-OH is 3. The van der Waals surface area contributed by atoms with Crippen molar-refractivity contribution < 1.29 is 39.5 Å². The molecule has 4 N–H and O–H groups in total. The number of allylic oxidation sites excluding steroid dienone is 1. The number of fused-ring (bicyclic) bond motifs is 7. The van der Waals surface area contributed by atoms with E-state index in [0.29, 0.717) is 32.1 Å². The van der Waals surface area contributed by atoms with Gasteiger partial charge in [0.1, 0.15) is 12.0 Å². The Labute approximate surface area is 225 Å². The summed E-state index contributed by atoms with van der Waals surface area (Å²) in [7, 11) is 1.35. The van der Waals surface area contributed by atoms with E-state index < -0.39 is 74.8 Å². The Morgan fingerprint density at radius 2 is 1.84 bits per heavy atom. The van der Waals surface area contributed by atoms with Crippen molar-refractivity contribution in [1.82, 2.24) is 0 Å². The molecule has 0 saturated heterocycles. The molecule has 0 spiro atoms. The molecule has 5 aliphatic rings. The van der Waals surface area contributed by atoms with Crippen LogP contribution in [0, 0.1) is 38.9 Å². The zero-order valence-corrected chi connectivity index (χ0v) is 23.3. The van der Waals surface area contributed by atoms with E-state index in [9.17, 15) is 30.0 Å². The lowest BCUT2D eigenvalue weighted by Gasteiger charge is -2.75. The van der Waals surface area contributed by atoms with Gasteiger partial charge in [-0.1, -0.05) is 39.0 Å². The fraction of sp³-hybridized carbons (Fsp3) is 0.800. The minimum atomic E-state index is -1.45. The number of carbonyl (C=O) groups excluding carboxylic acids is 2. The minimum Gasteiger partial charge on any atom is -0.468 e. The quantitative estimate of drug-likeness (QED) is 0.315. The molecule has 1 aliphatic heterocycles. The lowest BCUT2D eigenvalue weighted by Crippen LogP contribution is -2.80. The van der Waals surface area contributed by atoms with Gasteiger partial charge in [-0.05, 0) is 80.0 Å². The molecule has 5 rings (SSSR count). The van der Waals surface area contributed by atoms with E-state index in [1.54, 1.807) is 13.0 Å². The van der Waals surface area contributed by atoms with Crippen molar-refractivity contribution in [3.63, 3.8) is 0 Å². The fourth-order valence-corrected chi connectivity index (χ4v) is 10.5. The van der Waals surface area contributed by atoms with Crippen LogP contribution < -0.4 is 0 Å². The molecule has 0 amide bonds. The maximum atomic E-state index is 14.1. The van der Waals surface area contributed by atoms with Crippen molar-refractivity contribution in [2.45, 2.75) is 96.6 Å². The summed E-state index contributed by atoms with van der Waals surface area (Å²) < 4.78 is 10.9. The standard InChI is InChI=1S/C30H44O8/c1-17-9-10-25(3)11-13-27(5)22-21(33)23(34)28(18(2)31)16-38-20(32)8-7-19(28)26(22,4)12-14-29(27,24(35)37-6)30(25,36)15-17/h7-8,18-19,21-23,31,33-34,36H,1,9-16H2,2-6H3/t18-,19+,21+,22+,23+,25-,26+,27-,28-,29+,30+/m1/s1. The number of rotatable bonds is 2. The molecule has 1 heterocycles. The highest BCUT2D eigenvalue weighted by molar-refractivity contribution is 5.83. The number of hydrogen-bond donors (Lipinski definition) is 4. The van der Waals surface area contributed by atoms with Crippen molar-refractivity contribution in [1.29, 1.82) is 0 Å². The number of carbonyl (C=O) groups is 2. The van der Waals surface area contributed by atoms with Gasteiger partial charge in [-0.3, -0.25) is 4.79 Å². The molecule has 4 fully saturated rings. The average molecular weight is 533 g/mol. The van der Waals surface area contributed by atoms with Crippen molar-refractivity contribution in [2.75, 3.05) is 13.7 Å². The van der Waals surface area contributed by atoms with Gasteiger partial charge >= 0.3 is 11.9 Å². The van der Waals surface area contributed by atoms with E-state index in [-0.39, 0.29) is 13.0 Å². The summed E-state index contributed by atoms with van der Waals surface area (Å²) in [6.07, 6.45) is 2.88. The summed E-state index contributed by atoms with van der Waals surface area (Å²) in [5.41, 5.74) is -5.46. The third-order valence-electron chi connectivity index (χ3n) is 12.6. The van der Waals surface area contributed by atoms with E-state index in [2.05, 4.69) is 13.5 Å². The molecule has 11 atom stereocenters. The first kappa shape index (κ1) is 27.8. The summed E-state index contributed by atoms with van der Waals surface area (Å²) >= 11 is 0. The molecule has 38 heavy (non-hydrogen) atoms. The zero-order valence-electron chi connectivity index (χ0n) is 23.3. The molecule has 0 aromatic rings. The maximum Gasteiger partial charge on any atom is 0.330 e. The topological polar surface area (TPSA) is 134 Å². The Balaban J connectivity index is 1.76. The van der Waals surface area contributed by atoms with Gasteiger partial charge in [-0.2, -0.15) is 0 Å². The van der Waals surface area contributed by atoms with E-state index in [0.717, 1.165) is 12.0 Å². The van der Waals surface area contributed by atoms with Gasteiger partial charge < -0.3 is 29.9 Å². The second-order valence-corrected chi connectivity index (χ2v) is 13.8. The third-order valence-corrected chi connectivity index (χ3v) is 12.6. The van der Waals surface area contributed by atoms with Crippen LogP contribution in [0.25, 0.3) is 0 Å². The molecule has 0 radical (unpaired) electrons. The van der Waals surface area contributed by atoms with Gasteiger partial charge in [0.25, 0.3) is 0 Å². The molecule has 0 aromatic heterocycles. The lowest BCUT2D eigenvalue weighted by atomic mass is 9.29. The summed E-state index contributed by atoms with van der Waals surface area (Å²) in [5.74, 6) is -2.22. The minimum absolute atomic E-state index is 0.234. The fourth-order valence-electron chi connectivity index (χ4n) is 10.5. The second-order valence-electron chi connectivity index (χ2n) is 13.8. The van der Waals surface area contributed by atoms with Crippen molar-refractivity contribution in [3.8, 4) is 0 Å². The molecule has 4 saturated carbocycles. The average Bonchev–Trinajstić information content (AvgIpc) is 3.04. The first-order valence-electron chi connectivity index (χ1n) is 14.0. The Bertz CT molecular complexity index is 1080. The van der Waals surface area contributed by atoms with Crippen molar-refractivity contribution >= 4 is 11.9 Å². The van der Waals surface area contributed by atoms with Crippen LogP contribution in [0.2, 0.25) is 0 Å². The molecule has 8 nitrogen and oxygen atoms in total. The van der Waals surface area contributed by atoms with E-state index >= 15 is 0 Å². The van der Waals surface area contributed by atoms with Crippen molar-refractivity contribution in [2.24, 2.45) is 38.9 Å². The normalized spacial score (nSPS) is 52.9. The molecule has 4 aliphatic carbocycles. The van der Waals surface area contributed by atoms with E-state index in [4.69, 9.17) is 9.47 Å². The predicted molar refractivity (Wildman–Crippen MR) is 138 cm³/mol. The summed E-state index contributed by atoms with van der Waals surface area (Å²) in [5, 5.41) is 47.7. The second kappa shape index (κ2) is 8.38. The Morgan fingerprint density at radius 1 is 1.16 bits per heavy atom. The van der Waals surface area contributed by atoms with Gasteiger partial charge in [0.05, 0.1) is 36.4 Å². The van der Waals surface area contributed by atoms with Crippen molar-refractivity contribution in [3.05, 3.63) is 24.3 Å². The third kappa shape index (κ3) is 2.95. The van der Waals surface area contributed by atoms with E-state index in [1.807, 2.05) is 13.8 Å². The number of hydrogen-bond acceptors (Lipinski definition) is 8. The van der Waals surface area contributed by atoms with Gasteiger partial charge in [0.15, 0.2) is 0 Å². The summed E-state index contributed by atoms with van der Waals surface area (Å²) in [6, 6.07) is 0. The smallest absolute Gasteiger partial charge is 0.330 e. The molecule has 0 aromatic carbocycles. The molecule has 0 unspecified atom stereocenters. The SMILES string of the molecule is C=C1CC[C@]2(C)CC[C@]3(C)[C@H]4[C@H](O)[C@H](O)[C@@]5([C@@H](C)O)COC(=O)C=C[C@H]5[C@]4(C)CC[C@@]3(C(=O)OC)[C@]2(O)C1. The first-order chi connectivity index (χ1) is 17.6. The van der Waals surface area contributed by atoms with Crippen LogP contribution in [0.4, 0.5) is 0 Å². The van der Waals surface area contributed by atoms with Crippen LogP contribution in [0.15, 0.2) is 24.3 Å². The van der Waals surface area contributed by atoms with Gasteiger partial charge in [-0.15, -0.1) is 0 Å². The monoisotopic (exact) mass is 532 g/mol. The van der Waals surface area contributed by atoms with E-state index in [1.165, 1.54) is 13.2 Å². The number of esters is 2. The Morgan fingerprint density at radius 3 is 2.47 bits per heavy atom. The zero-order chi connectivity index (χ0) is 28.1. The van der Waals surface area contributed by atoms with Gasteiger partial charge in [0, 0.05) is 6.08 Å². The Hall–Kier alpha value is -1.74. The van der Waals surface area contributed by atoms with Gasteiger partial charge in [-0.25, -0.2) is 4.79 Å². The summed E-state index contributed by atoms with van der Waals surface area (Å²) in [4.78, 5) is 26.4. The molecule has 8 heteroatoms. The highest BCUT2D eigenvalue weighted by Gasteiger charge is 2.81. The highest BCUT2D eigenvalue weighted by Crippen LogP contribution is 2.78. The summed E-state index contributed by atoms with van der Waals surface area (Å²) in [6.45, 7) is 11.6. The number of ether oxygens (including phenoxy) is 2.